The second-order valence-corrected chi connectivity index (χ2v) is 7.32. The van der Waals surface area contributed by atoms with Gasteiger partial charge in [0, 0.05) is 23.7 Å². The SMILES string of the molecule is CCCCOc1ccc(/C=N\NC(=O)[C@H]2CC(=O)N(c3ccc(Cl)cc3)C2)cc1. The summed E-state index contributed by atoms with van der Waals surface area (Å²) in [6, 6.07) is 14.5. The van der Waals surface area contributed by atoms with E-state index >= 15 is 0 Å². The summed E-state index contributed by atoms with van der Waals surface area (Å²) >= 11 is 5.89. The van der Waals surface area contributed by atoms with E-state index in [0.29, 0.717) is 18.2 Å². The molecule has 0 bridgehead atoms. The quantitative estimate of drug-likeness (QED) is 0.403. The summed E-state index contributed by atoms with van der Waals surface area (Å²) in [6.07, 6.45) is 3.85. The minimum absolute atomic E-state index is 0.0879. The Morgan fingerprint density at radius 3 is 2.66 bits per heavy atom. The predicted molar refractivity (Wildman–Crippen MR) is 114 cm³/mol. The van der Waals surface area contributed by atoms with E-state index in [1.54, 1.807) is 35.4 Å². The second kappa shape index (κ2) is 10.1. The van der Waals surface area contributed by atoms with E-state index < -0.39 is 5.92 Å². The summed E-state index contributed by atoms with van der Waals surface area (Å²) in [5.74, 6) is 0.0109. The molecule has 2 amide bonds. The zero-order chi connectivity index (χ0) is 20.6. The van der Waals surface area contributed by atoms with E-state index in [4.69, 9.17) is 16.3 Å². The summed E-state index contributed by atoms with van der Waals surface area (Å²) in [6.45, 7) is 3.15. The fourth-order valence-corrected chi connectivity index (χ4v) is 3.13. The molecule has 152 valence electrons. The Morgan fingerprint density at radius 2 is 1.97 bits per heavy atom. The first kappa shape index (κ1) is 20.9. The Hall–Kier alpha value is -2.86. The fraction of sp³-hybridized carbons (Fsp3) is 0.318. The van der Waals surface area contributed by atoms with Crippen LogP contribution in [-0.2, 0) is 9.59 Å². The van der Waals surface area contributed by atoms with Gasteiger partial charge in [-0.3, -0.25) is 9.59 Å². The van der Waals surface area contributed by atoms with Gasteiger partial charge in [-0.1, -0.05) is 24.9 Å². The van der Waals surface area contributed by atoms with Crippen LogP contribution in [0.1, 0.15) is 31.7 Å². The molecule has 0 aliphatic carbocycles. The number of hydrogen-bond donors (Lipinski definition) is 1. The van der Waals surface area contributed by atoms with E-state index in [0.717, 1.165) is 29.8 Å². The van der Waals surface area contributed by atoms with Gasteiger partial charge in [0.2, 0.25) is 11.8 Å². The van der Waals surface area contributed by atoms with Crippen molar-refractivity contribution < 1.29 is 14.3 Å². The number of benzene rings is 2. The van der Waals surface area contributed by atoms with Gasteiger partial charge < -0.3 is 9.64 Å². The monoisotopic (exact) mass is 413 g/mol. The molecule has 0 spiro atoms. The Kier molecular flexibility index (Phi) is 7.25. The highest BCUT2D eigenvalue weighted by atomic mass is 35.5. The smallest absolute Gasteiger partial charge is 0.245 e. The molecule has 7 heteroatoms. The van der Waals surface area contributed by atoms with E-state index in [2.05, 4.69) is 17.5 Å². The molecule has 6 nitrogen and oxygen atoms in total. The first-order valence-corrected chi connectivity index (χ1v) is 10.1. The minimum atomic E-state index is -0.440. The van der Waals surface area contributed by atoms with E-state index in [-0.39, 0.29) is 18.2 Å². The lowest BCUT2D eigenvalue weighted by molar-refractivity contribution is -0.126. The number of hydrazone groups is 1. The van der Waals surface area contributed by atoms with Gasteiger partial charge in [-0.05, 0) is 60.5 Å². The number of amides is 2. The average Bonchev–Trinajstić information content (AvgIpc) is 3.12. The molecule has 1 N–H and O–H groups in total. The molecule has 1 saturated heterocycles. The Balaban J connectivity index is 1.50. The molecule has 2 aromatic rings. The molecule has 0 radical (unpaired) electrons. The van der Waals surface area contributed by atoms with Crippen LogP contribution >= 0.6 is 11.6 Å². The number of carbonyl (C=O) groups excluding carboxylic acids is 2. The van der Waals surface area contributed by atoms with Crippen LogP contribution in [-0.4, -0.2) is 31.2 Å². The number of nitrogens with one attached hydrogen (secondary N) is 1. The lowest BCUT2D eigenvalue weighted by Crippen LogP contribution is -2.30. The predicted octanol–water partition coefficient (Wildman–Crippen LogP) is 4.02. The maximum absolute atomic E-state index is 12.4. The third kappa shape index (κ3) is 5.81. The van der Waals surface area contributed by atoms with Gasteiger partial charge in [-0.15, -0.1) is 0 Å². The van der Waals surface area contributed by atoms with E-state index in [9.17, 15) is 9.59 Å². The number of hydrogen-bond acceptors (Lipinski definition) is 4. The van der Waals surface area contributed by atoms with Crippen molar-refractivity contribution in [2.75, 3.05) is 18.1 Å². The summed E-state index contributed by atoms with van der Waals surface area (Å²) in [5.41, 5.74) is 4.11. The van der Waals surface area contributed by atoms with Crippen LogP contribution in [0, 0.1) is 5.92 Å². The Labute approximate surface area is 175 Å². The Bertz CT molecular complexity index is 866. The molecule has 1 aliphatic heterocycles. The number of carbonyl (C=O) groups is 2. The number of ether oxygens (including phenoxy) is 1. The van der Waals surface area contributed by atoms with Gasteiger partial charge in [-0.2, -0.15) is 5.10 Å². The minimum Gasteiger partial charge on any atom is -0.494 e. The largest absolute Gasteiger partial charge is 0.494 e. The number of anilines is 1. The topological polar surface area (TPSA) is 71.0 Å². The first-order chi connectivity index (χ1) is 14.1. The van der Waals surface area contributed by atoms with Gasteiger partial charge >= 0.3 is 0 Å². The zero-order valence-electron chi connectivity index (χ0n) is 16.3. The normalized spacial score (nSPS) is 16.4. The highest BCUT2D eigenvalue weighted by Crippen LogP contribution is 2.26. The fourth-order valence-electron chi connectivity index (χ4n) is 3.00. The van der Waals surface area contributed by atoms with Crippen LogP contribution in [0.5, 0.6) is 5.75 Å². The zero-order valence-corrected chi connectivity index (χ0v) is 17.1. The molecule has 1 aliphatic rings. The molecule has 3 rings (SSSR count). The lowest BCUT2D eigenvalue weighted by Gasteiger charge is -2.16. The average molecular weight is 414 g/mol. The lowest BCUT2D eigenvalue weighted by atomic mass is 10.1. The molecular formula is C22H24ClN3O3. The van der Waals surface area contributed by atoms with Crippen molar-refractivity contribution in [2.24, 2.45) is 11.0 Å². The molecule has 29 heavy (non-hydrogen) atoms. The summed E-state index contributed by atoms with van der Waals surface area (Å²) < 4.78 is 5.62. The molecule has 0 saturated carbocycles. The van der Waals surface area contributed by atoms with Crippen LogP contribution in [0.3, 0.4) is 0 Å². The first-order valence-electron chi connectivity index (χ1n) is 9.68. The van der Waals surface area contributed by atoms with Gasteiger partial charge in [0.15, 0.2) is 0 Å². The van der Waals surface area contributed by atoms with E-state index in [1.807, 2.05) is 24.3 Å². The van der Waals surface area contributed by atoms with Crippen molar-refractivity contribution in [3.05, 3.63) is 59.1 Å². The van der Waals surface area contributed by atoms with Crippen molar-refractivity contribution in [2.45, 2.75) is 26.2 Å². The Morgan fingerprint density at radius 1 is 1.24 bits per heavy atom. The van der Waals surface area contributed by atoms with Gasteiger partial charge in [0.25, 0.3) is 0 Å². The van der Waals surface area contributed by atoms with Gasteiger partial charge in [0.05, 0.1) is 18.7 Å². The molecule has 0 unspecified atom stereocenters. The van der Waals surface area contributed by atoms with Crippen LogP contribution in [0.15, 0.2) is 53.6 Å². The molecule has 1 fully saturated rings. The molecule has 2 aromatic carbocycles. The van der Waals surface area contributed by atoms with Crippen LogP contribution in [0.2, 0.25) is 5.02 Å². The summed E-state index contributed by atoms with van der Waals surface area (Å²) in [4.78, 5) is 26.2. The third-order valence-corrected chi connectivity index (χ3v) is 4.92. The van der Waals surface area contributed by atoms with Crippen molar-refractivity contribution in [3.8, 4) is 5.75 Å². The van der Waals surface area contributed by atoms with Crippen LogP contribution in [0.4, 0.5) is 5.69 Å². The number of halogens is 1. The highest BCUT2D eigenvalue weighted by molar-refractivity contribution is 6.30. The van der Waals surface area contributed by atoms with Crippen molar-refractivity contribution in [3.63, 3.8) is 0 Å². The highest BCUT2D eigenvalue weighted by Gasteiger charge is 2.35. The molecule has 1 heterocycles. The number of nitrogens with zero attached hydrogens (tertiary/aromatic N) is 2. The van der Waals surface area contributed by atoms with Crippen molar-refractivity contribution in [1.82, 2.24) is 5.43 Å². The standard InChI is InChI=1S/C22H24ClN3O3/c1-2-3-12-29-20-10-4-16(5-11-20)14-24-25-22(28)17-13-21(27)26(15-17)19-8-6-18(23)7-9-19/h4-11,14,17H,2-3,12-13,15H2,1H3,(H,25,28)/b24-14-/t17-/m0/s1. The second-order valence-electron chi connectivity index (χ2n) is 6.89. The number of unbranched alkanes of at least 4 members (excludes halogenated alkanes) is 1. The maximum atomic E-state index is 12.4. The van der Waals surface area contributed by atoms with Gasteiger partial charge in [-0.25, -0.2) is 5.43 Å². The molecule has 0 aromatic heterocycles. The van der Waals surface area contributed by atoms with Crippen LogP contribution in [0.25, 0.3) is 0 Å². The van der Waals surface area contributed by atoms with Gasteiger partial charge in [0.1, 0.15) is 5.75 Å². The molecule has 1 atom stereocenters. The number of rotatable bonds is 8. The van der Waals surface area contributed by atoms with Crippen molar-refractivity contribution in [1.29, 1.82) is 0 Å². The van der Waals surface area contributed by atoms with E-state index in [1.165, 1.54) is 0 Å². The summed E-state index contributed by atoms with van der Waals surface area (Å²) in [5, 5.41) is 4.61. The maximum Gasteiger partial charge on any atom is 0.245 e. The van der Waals surface area contributed by atoms with Crippen molar-refractivity contribution >= 4 is 35.3 Å². The molecular weight excluding hydrogens is 390 g/mol. The van der Waals surface area contributed by atoms with Crippen LogP contribution < -0.4 is 15.1 Å². The third-order valence-electron chi connectivity index (χ3n) is 4.67. The summed E-state index contributed by atoms with van der Waals surface area (Å²) in [7, 11) is 0.